The number of aromatic nitrogens is 1. The van der Waals surface area contributed by atoms with Gasteiger partial charge >= 0.3 is 0 Å². The Bertz CT molecular complexity index is 799. The summed E-state index contributed by atoms with van der Waals surface area (Å²) in [6.07, 6.45) is 3.29. The highest BCUT2D eigenvalue weighted by Gasteiger charge is 2.08. The first-order chi connectivity index (χ1) is 11.7. The van der Waals surface area contributed by atoms with Gasteiger partial charge < -0.3 is 19.8 Å². The smallest absolute Gasteiger partial charge is 0.256 e. The molecule has 2 aromatic heterocycles. The third-order valence-electron chi connectivity index (χ3n) is 3.38. The number of carbonyl (C=O) groups excluding carboxylic acids is 1. The van der Waals surface area contributed by atoms with E-state index in [2.05, 4.69) is 15.6 Å². The number of anilines is 2. The Hall–Kier alpha value is -3.28. The molecule has 3 rings (SSSR count). The number of methoxy groups -OCH3 is 1. The van der Waals surface area contributed by atoms with Crippen LogP contribution in [0.25, 0.3) is 0 Å². The van der Waals surface area contributed by atoms with Crippen molar-refractivity contribution < 1.29 is 13.9 Å². The van der Waals surface area contributed by atoms with E-state index in [0.717, 1.165) is 11.4 Å². The van der Waals surface area contributed by atoms with Crippen molar-refractivity contribution in [1.82, 2.24) is 4.98 Å². The molecule has 0 aliphatic rings. The van der Waals surface area contributed by atoms with Crippen molar-refractivity contribution in [3.05, 3.63) is 72.3 Å². The number of nitrogens with zero attached hydrogens (tertiary/aromatic N) is 1. The Morgan fingerprint density at radius 2 is 2.12 bits per heavy atom. The van der Waals surface area contributed by atoms with Crippen LogP contribution in [0, 0.1) is 0 Å². The van der Waals surface area contributed by atoms with Crippen LogP contribution >= 0.6 is 0 Å². The van der Waals surface area contributed by atoms with Crippen LogP contribution in [0.5, 0.6) is 5.75 Å². The number of furan rings is 1. The van der Waals surface area contributed by atoms with Crippen molar-refractivity contribution in [2.24, 2.45) is 0 Å². The summed E-state index contributed by atoms with van der Waals surface area (Å²) < 4.78 is 10.4. The predicted molar refractivity (Wildman–Crippen MR) is 91.2 cm³/mol. The zero-order valence-corrected chi connectivity index (χ0v) is 13.2. The fraction of sp³-hybridized carbons (Fsp3) is 0.111. The molecule has 0 saturated heterocycles. The summed E-state index contributed by atoms with van der Waals surface area (Å²) in [5.74, 6) is 1.71. The highest BCUT2D eigenvalue weighted by atomic mass is 16.5. The minimum atomic E-state index is -0.238. The standard InChI is InChI=1S/C18H17N3O3/c1-23-15-5-2-4-13(10-15)18(22)21-17-8-7-14(11-20-17)19-12-16-6-3-9-24-16/h2-11,19H,12H2,1H3,(H,20,21,22). The van der Waals surface area contributed by atoms with Crippen molar-refractivity contribution in [3.63, 3.8) is 0 Å². The number of hydrogen-bond acceptors (Lipinski definition) is 5. The van der Waals surface area contributed by atoms with Gasteiger partial charge in [0.1, 0.15) is 17.3 Å². The molecule has 0 bridgehead atoms. The zero-order valence-electron chi connectivity index (χ0n) is 13.2. The summed E-state index contributed by atoms with van der Waals surface area (Å²) in [6.45, 7) is 0.574. The zero-order chi connectivity index (χ0) is 16.8. The van der Waals surface area contributed by atoms with Crippen LogP contribution in [0.1, 0.15) is 16.1 Å². The number of benzene rings is 1. The Labute approximate surface area is 139 Å². The van der Waals surface area contributed by atoms with E-state index in [4.69, 9.17) is 9.15 Å². The first-order valence-corrected chi connectivity index (χ1v) is 7.42. The molecule has 6 heteroatoms. The molecule has 2 heterocycles. The summed E-state index contributed by atoms with van der Waals surface area (Å²) in [5, 5.41) is 5.94. The summed E-state index contributed by atoms with van der Waals surface area (Å²) in [4.78, 5) is 16.4. The van der Waals surface area contributed by atoms with Gasteiger partial charge in [-0.2, -0.15) is 0 Å². The molecular formula is C18H17N3O3. The normalized spacial score (nSPS) is 10.2. The second kappa shape index (κ2) is 7.32. The topological polar surface area (TPSA) is 76.4 Å². The van der Waals surface area contributed by atoms with E-state index in [-0.39, 0.29) is 5.91 Å². The number of ether oxygens (including phenoxy) is 1. The number of rotatable bonds is 6. The number of pyridine rings is 1. The number of amides is 1. The SMILES string of the molecule is COc1cccc(C(=O)Nc2ccc(NCc3ccco3)cn2)c1. The Morgan fingerprint density at radius 3 is 2.83 bits per heavy atom. The maximum absolute atomic E-state index is 12.2. The van der Waals surface area contributed by atoms with Crippen LogP contribution < -0.4 is 15.4 Å². The molecule has 0 fully saturated rings. The third-order valence-corrected chi connectivity index (χ3v) is 3.38. The van der Waals surface area contributed by atoms with Gasteiger partial charge in [-0.15, -0.1) is 0 Å². The fourth-order valence-corrected chi connectivity index (χ4v) is 2.13. The first-order valence-electron chi connectivity index (χ1n) is 7.42. The van der Waals surface area contributed by atoms with Gasteiger partial charge in [0.15, 0.2) is 0 Å². The van der Waals surface area contributed by atoms with E-state index in [9.17, 15) is 4.79 Å². The van der Waals surface area contributed by atoms with Gasteiger partial charge in [-0.3, -0.25) is 4.79 Å². The van der Waals surface area contributed by atoms with Gasteiger partial charge in [-0.05, 0) is 42.5 Å². The van der Waals surface area contributed by atoms with Crippen LogP contribution in [-0.2, 0) is 6.54 Å². The van der Waals surface area contributed by atoms with Crippen LogP contribution in [0.15, 0.2) is 65.4 Å². The van der Waals surface area contributed by atoms with E-state index < -0.39 is 0 Å². The minimum absolute atomic E-state index is 0.238. The largest absolute Gasteiger partial charge is 0.497 e. The predicted octanol–water partition coefficient (Wildman–Crippen LogP) is 3.55. The molecule has 0 saturated carbocycles. The van der Waals surface area contributed by atoms with E-state index in [1.165, 1.54) is 0 Å². The Kier molecular flexibility index (Phi) is 4.76. The summed E-state index contributed by atoms with van der Waals surface area (Å²) in [6, 6.07) is 14.3. The molecule has 3 aromatic rings. The lowest BCUT2D eigenvalue weighted by molar-refractivity contribution is 0.102. The van der Waals surface area contributed by atoms with Crippen LogP contribution in [0.2, 0.25) is 0 Å². The van der Waals surface area contributed by atoms with E-state index in [1.54, 1.807) is 49.9 Å². The van der Waals surface area contributed by atoms with Gasteiger partial charge in [0.25, 0.3) is 5.91 Å². The number of carbonyl (C=O) groups is 1. The van der Waals surface area contributed by atoms with E-state index in [1.807, 2.05) is 18.2 Å². The molecule has 24 heavy (non-hydrogen) atoms. The lowest BCUT2D eigenvalue weighted by atomic mass is 10.2. The highest BCUT2D eigenvalue weighted by Crippen LogP contribution is 2.15. The van der Waals surface area contributed by atoms with Crippen molar-refractivity contribution >= 4 is 17.4 Å². The second-order valence-electron chi connectivity index (χ2n) is 5.05. The third kappa shape index (κ3) is 3.92. The summed E-state index contributed by atoms with van der Waals surface area (Å²) >= 11 is 0. The second-order valence-corrected chi connectivity index (χ2v) is 5.05. The van der Waals surface area contributed by atoms with Crippen molar-refractivity contribution in [2.45, 2.75) is 6.54 Å². The maximum atomic E-state index is 12.2. The molecule has 6 nitrogen and oxygen atoms in total. The lowest BCUT2D eigenvalue weighted by Gasteiger charge is -2.08. The van der Waals surface area contributed by atoms with Gasteiger partial charge in [-0.1, -0.05) is 6.07 Å². The molecule has 0 unspecified atom stereocenters. The molecule has 122 valence electrons. The average Bonchev–Trinajstić information content (AvgIpc) is 3.15. The van der Waals surface area contributed by atoms with Crippen LogP contribution in [0.4, 0.5) is 11.5 Å². The Morgan fingerprint density at radius 1 is 1.21 bits per heavy atom. The van der Waals surface area contributed by atoms with Gasteiger partial charge in [0, 0.05) is 5.56 Å². The molecule has 1 amide bonds. The lowest BCUT2D eigenvalue weighted by Crippen LogP contribution is -2.13. The van der Waals surface area contributed by atoms with Crippen molar-refractivity contribution in [2.75, 3.05) is 17.7 Å². The number of hydrogen-bond donors (Lipinski definition) is 2. The molecular weight excluding hydrogens is 306 g/mol. The van der Waals surface area contributed by atoms with Gasteiger partial charge in [0.05, 0.1) is 31.8 Å². The van der Waals surface area contributed by atoms with Crippen molar-refractivity contribution in [1.29, 1.82) is 0 Å². The van der Waals surface area contributed by atoms with E-state index >= 15 is 0 Å². The highest BCUT2D eigenvalue weighted by molar-refractivity contribution is 6.04. The molecule has 0 aliphatic heterocycles. The summed E-state index contributed by atoms with van der Waals surface area (Å²) in [5.41, 5.74) is 1.35. The van der Waals surface area contributed by atoms with Crippen LogP contribution in [0.3, 0.4) is 0 Å². The van der Waals surface area contributed by atoms with Gasteiger partial charge in [-0.25, -0.2) is 4.98 Å². The van der Waals surface area contributed by atoms with Crippen molar-refractivity contribution in [3.8, 4) is 5.75 Å². The first kappa shape index (κ1) is 15.6. The minimum Gasteiger partial charge on any atom is -0.497 e. The van der Waals surface area contributed by atoms with Gasteiger partial charge in [0.2, 0.25) is 0 Å². The molecule has 0 aliphatic carbocycles. The molecule has 1 aromatic carbocycles. The average molecular weight is 323 g/mol. The summed E-state index contributed by atoms with van der Waals surface area (Å²) in [7, 11) is 1.56. The number of nitrogens with one attached hydrogen (secondary N) is 2. The monoisotopic (exact) mass is 323 g/mol. The molecule has 0 radical (unpaired) electrons. The van der Waals surface area contributed by atoms with E-state index in [0.29, 0.717) is 23.7 Å². The maximum Gasteiger partial charge on any atom is 0.256 e. The van der Waals surface area contributed by atoms with Crippen LogP contribution in [-0.4, -0.2) is 18.0 Å². The molecule has 2 N–H and O–H groups in total. The molecule has 0 spiro atoms. The fourth-order valence-electron chi connectivity index (χ4n) is 2.13. The Balaban J connectivity index is 1.60. The molecule has 0 atom stereocenters. The quantitative estimate of drug-likeness (QED) is 0.725.